The largest absolute Gasteiger partial charge is 0.507 e. The molecule has 28 heavy (non-hydrogen) atoms. The Morgan fingerprint density at radius 3 is 2.43 bits per heavy atom. The van der Waals surface area contributed by atoms with Gasteiger partial charge in [0.25, 0.3) is 0 Å². The van der Waals surface area contributed by atoms with Crippen LogP contribution in [0.4, 0.5) is 0 Å². The van der Waals surface area contributed by atoms with Crippen molar-refractivity contribution in [1.29, 1.82) is 0 Å². The molecule has 0 unspecified atom stereocenters. The van der Waals surface area contributed by atoms with Gasteiger partial charge in [-0.15, -0.1) is 24.8 Å². The Morgan fingerprint density at radius 2 is 1.79 bits per heavy atom. The first-order chi connectivity index (χ1) is 12.8. The molecule has 1 aliphatic rings. The number of nitrogens with zero attached hydrogens (tertiary/aromatic N) is 1. The summed E-state index contributed by atoms with van der Waals surface area (Å²) < 4.78 is 5.85. The van der Waals surface area contributed by atoms with Gasteiger partial charge < -0.3 is 15.2 Å². The zero-order chi connectivity index (χ0) is 18.2. The minimum atomic E-state index is 0. The molecule has 156 valence electrons. The molecule has 0 aliphatic carbocycles. The molecule has 1 fully saturated rings. The number of piperazine rings is 1. The van der Waals surface area contributed by atoms with Gasteiger partial charge in [0.15, 0.2) is 0 Å². The number of hydrogen-bond acceptors (Lipinski definition) is 4. The summed E-state index contributed by atoms with van der Waals surface area (Å²) in [6.07, 6.45) is 3.41. The van der Waals surface area contributed by atoms with Crippen LogP contribution in [0.25, 0.3) is 0 Å². The SMILES string of the molecule is CCCC[C@H](c1ccc(OCc2ccccc2)cc1O)N1CCNCC1.Cl.Cl. The first-order valence-electron chi connectivity index (χ1n) is 9.72. The molecule has 2 aromatic carbocycles. The monoisotopic (exact) mass is 426 g/mol. The van der Waals surface area contributed by atoms with Crippen molar-refractivity contribution in [2.45, 2.75) is 38.8 Å². The molecule has 1 heterocycles. The highest BCUT2D eigenvalue weighted by molar-refractivity contribution is 5.85. The fraction of sp³-hybridized carbons (Fsp3) is 0.455. The van der Waals surface area contributed by atoms with Gasteiger partial charge in [0.2, 0.25) is 0 Å². The van der Waals surface area contributed by atoms with E-state index in [4.69, 9.17) is 4.74 Å². The van der Waals surface area contributed by atoms with E-state index in [0.29, 0.717) is 18.1 Å². The lowest BCUT2D eigenvalue weighted by atomic mass is 9.97. The zero-order valence-corrected chi connectivity index (χ0v) is 18.1. The number of benzene rings is 2. The normalized spacial score (nSPS) is 15.2. The number of halogens is 2. The van der Waals surface area contributed by atoms with Gasteiger partial charge in [-0.05, 0) is 18.1 Å². The summed E-state index contributed by atoms with van der Waals surface area (Å²) in [5.74, 6) is 1.06. The minimum Gasteiger partial charge on any atom is -0.507 e. The van der Waals surface area contributed by atoms with Crippen LogP contribution in [-0.4, -0.2) is 36.2 Å². The minimum absolute atomic E-state index is 0. The van der Waals surface area contributed by atoms with Crippen LogP contribution in [-0.2, 0) is 6.61 Å². The van der Waals surface area contributed by atoms with E-state index in [1.165, 1.54) is 12.8 Å². The van der Waals surface area contributed by atoms with E-state index < -0.39 is 0 Å². The molecule has 0 radical (unpaired) electrons. The van der Waals surface area contributed by atoms with Crippen molar-refractivity contribution >= 4 is 24.8 Å². The van der Waals surface area contributed by atoms with Crippen molar-refractivity contribution in [3.63, 3.8) is 0 Å². The lowest BCUT2D eigenvalue weighted by Crippen LogP contribution is -2.45. The zero-order valence-electron chi connectivity index (χ0n) is 16.5. The van der Waals surface area contributed by atoms with Gasteiger partial charge in [0.05, 0.1) is 0 Å². The van der Waals surface area contributed by atoms with E-state index in [-0.39, 0.29) is 30.9 Å². The molecule has 1 saturated heterocycles. The van der Waals surface area contributed by atoms with Crippen LogP contribution in [0.1, 0.15) is 43.4 Å². The molecule has 2 aromatic rings. The van der Waals surface area contributed by atoms with E-state index in [9.17, 15) is 5.11 Å². The number of rotatable bonds is 8. The predicted octanol–water partition coefficient (Wildman–Crippen LogP) is 4.95. The summed E-state index contributed by atoms with van der Waals surface area (Å²) in [6, 6.07) is 16.2. The summed E-state index contributed by atoms with van der Waals surface area (Å²) >= 11 is 0. The molecule has 1 atom stereocenters. The predicted molar refractivity (Wildman–Crippen MR) is 120 cm³/mol. The Hall–Kier alpha value is -1.46. The van der Waals surface area contributed by atoms with Gasteiger partial charge in [-0.25, -0.2) is 0 Å². The average molecular weight is 427 g/mol. The average Bonchev–Trinajstić information content (AvgIpc) is 2.69. The van der Waals surface area contributed by atoms with Crippen molar-refractivity contribution in [3.8, 4) is 11.5 Å². The van der Waals surface area contributed by atoms with Gasteiger partial charge in [0.1, 0.15) is 18.1 Å². The second kappa shape index (κ2) is 12.9. The van der Waals surface area contributed by atoms with Crippen molar-refractivity contribution in [2.75, 3.05) is 26.2 Å². The van der Waals surface area contributed by atoms with Crippen LogP contribution in [0.15, 0.2) is 48.5 Å². The Morgan fingerprint density at radius 1 is 1.07 bits per heavy atom. The maximum Gasteiger partial charge on any atom is 0.124 e. The number of unbranched alkanes of at least 4 members (excludes halogenated alkanes) is 1. The van der Waals surface area contributed by atoms with Gasteiger partial charge in [-0.3, -0.25) is 4.90 Å². The summed E-state index contributed by atoms with van der Waals surface area (Å²) in [5, 5.41) is 14.1. The fourth-order valence-corrected chi connectivity index (χ4v) is 3.56. The third kappa shape index (κ3) is 6.85. The first-order valence-corrected chi connectivity index (χ1v) is 9.72. The maximum atomic E-state index is 10.7. The molecule has 0 bridgehead atoms. The van der Waals surface area contributed by atoms with E-state index in [2.05, 4.69) is 17.1 Å². The maximum absolute atomic E-state index is 10.7. The third-order valence-corrected chi connectivity index (χ3v) is 5.03. The topological polar surface area (TPSA) is 44.7 Å². The standard InChI is InChI=1S/C22H30N2O2.2ClH/c1-2-3-9-21(24-14-12-23-13-15-24)20-11-10-19(16-22(20)25)26-17-18-7-5-4-6-8-18;;/h4-8,10-11,16,21,23,25H,2-3,9,12-15,17H2,1H3;2*1H/t21-;;/m1../s1. The van der Waals surface area contributed by atoms with Gasteiger partial charge in [0, 0.05) is 43.9 Å². The number of ether oxygens (including phenoxy) is 1. The molecule has 0 saturated carbocycles. The van der Waals surface area contributed by atoms with Crippen LogP contribution < -0.4 is 10.1 Å². The Labute approximate surface area is 181 Å². The van der Waals surface area contributed by atoms with E-state index in [1.54, 1.807) is 6.07 Å². The highest BCUT2D eigenvalue weighted by Crippen LogP contribution is 2.35. The molecular formula is C22H32Cl2N2O2. The molecule has 1 aliphatic heterocycles. The van der Waals surface area contributed by atoms with Crippen LogP contribution in [0, 0.1) is 0 Å². The number of phenolic OH excluding ortho intramolecular Hbond substituents is 1. The number of nitrogens with one attached hydrogen (secondary N) is 1. The Balaban J connectivity index is 0.00000196. The van der Waals surface area contributed by atoms with E-state index >= 15 is 0 Å². The first kappa shape index (κ1) is 24.6. The van der Waals surface area contributed by atoms with E-state index in [0.717, 1.165) is 43.7 Å². The summed E-state index contributed by atoms with van der Waals surface area (Å²) in [4.78, 5) is 2.49. The Kier molecular flexibility index (Phi) is 11.3. The molecule has 0 spiro atoms. The number of phenols is 1. The molecule has 0 amide bonds. The van der Waals surface area contributed by atoms with Crippen molar-refractivity contribution in [3.05, 3.63) is 59.7 Å². The molecule has 2 N–H and O–H groups in total. The lowest BCUT2D eigenvalue weighted by molar-refractivity contribution is 0.160. The second-order valence-corrected chi connectivity index (χ2v) is 6.94. The van der Waals surface area contributed by atoms with Crippen LogP contribution in [0.5, 0.6) is 11.5 Å². The molecular weight excluding hydrogens is 395 g/mol. The van der Waals surface area contributed by atoms with Crippen LogP contribution in [0.3, 0.4) is 0 Å². The van der Waals surface area contributed by atoms with Gasteiger partial charge in [-0.1, -0.05) is 56.2 Å². The smallest absolute Gasteiger partial charge is 0.124 e. The van der Waals surface area contributed by atoms with Crippen molar-refractivity contribution < 1.29 is 9.84 Å². The van der Waals surface area contributed by atoms with Gasteiger partial charge in [-0.2, -0.15) is 0 Å². The van der Waals surface area contributed by atoms with Crippen LogP contribution >= 0.6 is 24.8 Å². The number of aromatic hydroxyl groups is 1. The molecule has 0 aromatic heterocycles. The molecule has 3 rings (SSSR count). The molecule has 4 nitrogen and oxygen atoms in total. The number of hydrogen-bond donors (Lipinski definition) is 2. The molecule has 6 heteroatoms. The second-order valence-electron chi connectivity index (χ2n) is 6.94. The summed E-state index contributed by atoms with van der Waals surface area (Å²) in [7, 11) is 0. The lowest BCUT2D eigenvalue weighted by Gasteiger charge is -2.35. The van der Waals surface area contributed by atoms with Crippen molar-refractivity contribution in [1.82, 2.24) is 10.2 Å². The highest BCUT2D eigenvalue weighted by Gasteiger charge is 2.24. The van der Waals surface area contributed by atoms with E-state index in [1.807, 2.05) is 42.5 Å². The highest BCUT2D eigenvalue weighted by atomic mass is 35.5. The fourth-order valence-electron chi connectivity index (χ4n) is 3.56. The van der Waals surface area contributed by atoms with Crippen LogP contribution in [0.2, 0.25) is 0 Å². The third-order valence-electron chi connectivity index (χ3n) is 5.03. The Bertz CT molecular complexity index is 679. The quantitative estimate of drug-likeness (QED) is 0.626. The summed E-state index contributed by atoms with van der Waals surface area (Å²) in [6.45, 7) is 6.81. The van der Waals surface area contributed by atoms with Gasteiger partial charge >= 0.3 is 0 Å². The van der Waals surface area contributed by atoms with Crippen molar-refractivity contribution in [2.24, 2.45) is 0 Å². The summed E-state index contributed by atoms with van der Waals surface area (Å²) in [5.41, 5.74) is 2.14.